The normalized spacial score (nSPS) is 24.5. The molecule has 3 N–H and O–H groups in total. The molecular formula is C9H18N4O. The molecule has 1 rings (SSSR count). The second-order valence-electron chi connectivity index (χ2n) is 3.93. The van der Waals surface area contributed by atoms with Crippen LogP contribution in [0, 0.1) is 5.92 Å². The standard InChI is InChI=1S/C9H18N4O/c1-13(2)6-7-4-3-5-8(7)11-12-9(10)14/h7H,3-6H2,1-2H3,(H3,10,12,14)/b11-8+. The Labute approximate surface area is 84.3 Å². The minimum atomic E-state index is -0.590. The van der Waals surface area contributed by atoms with Gasteiger partial charge in [0, 0.05) is 18.2 Å². The number of hydrogen-bond acceptors (Lipinski definition) is 3. The van der Waals surface area contributed by atoms with Crippen LogP contribution in [0.4, 0.5) is 4.79 Å². The van der Waals surface area contributed by atoms with Gasteiger partial charge in [-0.25, -0.2) is 10.2 Å². The summed E-state index contributed by atoms with van der Waals surface area (Å²) in [5.41, 5.74) is 8.32. The summed E-state index contributed by atoms with van der Waals surface area (Å²) in [5.74, 6) is 0.469. The van der Waals surface area contributed by atoms with Crippen molar-refractivity contribution in [3.8, 4) is 0 Å². The van der Waals surface area contributed by atoms with Crippen LogP contribution in [0.5, 0.6) is 0 Å². The summed E-state index contributed by atoms with van der Waals surface area (Å²) in [6, 6.07) is -0.590. The van der Waals surface area contributed by atoms with Crippen molar-refractivity contribution < 1.29 is 4.79 Å². The highest BCUT2D eigenvalue weighted by Gasteiger charge is 2.23. The van der Waals surface area contributed by atoms with Crippen molar-refractivity contribution >= 4 is 11.7 Å². The van der Waals surface area contributed by atoms with Gasteiger partial charge in [0.05, 0.1) is 0 Å². The van der Waals surface area contributed by atoms with Gasteiger partial charge in [-0.3, -0.25) is 0 Å². The van der Waals surface area contributed by atoms with Crippen LogP contribution in [-0.4, -0.2) is 37.3 Å². The molecular weight excluding hydrogens is 180 g/mol. The third-order valence-electron chi connectivity index (χ3n) is 2.35. The predicted molar refractivity (Wildman–Crippen MR) is 56.0 cm³/mol. The monoisotopic (exact) mass is 198 g/mol. The van der Waals surface area contributed by atoms with E-state index in [-0.39, 0.29) is 0 Å². The Morgan fingerprint density at radius 1 is 1.71 bits per heavy atom. The van der Waals surface area contributed by atoms with E-state index in [0.29, 0.717) is 5.92 Å². The topological polar surface area (TPSA) is 70.7 Å². The first-order chi connectivity index (χ1) is 6.59. The molecule has 80 valence electrons. The molecule has 1 aliphatic carbocycles. The summed E-state index contributed by atoms with van der Waals surface area (Å²) < 4.78 is 0. The molecule has 0 radical (unpaired) electrons. The molecule has 2 amide bonds. The highest BCUT2D eigenvalue weighted by atomic mass is 16.2. The van der Waals surface area contributed by atoms with Gasteiger partial charge in [0.1, 0.15) is 0 Å². The lowest BCUT2D eigenvalue weighted by Gasteiger charge is -2.16. The van der Waals surface area contributed by atoms with Gasteiger partial charge >= 0.3 is 6.03 Å². The van der Waals surface area contributed by atoms with Crippen molar-refractivity contribution in [2.24, 2.45) is 16.8 Å². The summed E-state index contributed by atoms with van der Waals surface area (Å²) in [4.78, 5) is 12.6. The zero-order valence-corrected chi connectivity index (χ0v) is 8.79. The lowest BCUT2D eigenvalue weighted by molar-refractivity contribution is 0.249. The predicted octanol–water partition coefficient (Wildman–Crippen LogP) is 0.372. The Morgan fingerprint density at radius 3 is 3.00 bits per heavy atom. The van der Waals surface area contributed by atoms with Gasteiger partial charge in [0.15, 0.2) is 0 Å². The number of nitrogens with one attached hydrogen (secondary N) is 1. The fraction of sp³-hybridized carbons (Fsp3) is 0.778. The number of primary amides is 1. The molecule has 5 nitrogen and oxygen atoms in total. The fourth-order valence-corrected chi connectivity index (χ4v) is 1.81. The number of carbonyl (C=O) groups is 1. The van der Waals surface area contributed by atoms with Crippen LogP contribution in [0.15, 0.2) is 5.10 Å². The Bertz CT molecular complexity index is 237. The van der Waals surface area contributed by atoms with E-state index in [1.807, 2.05) is 14.1 Å². The number of nitrogens with zero attached hydrogens (tertiary/aromatic N) is 2. The number of rotatable bonds is 3. The van der Waals surface area contributed by atoms with E-state index >= 15 is 0 Å². The van der Waals surface area contributed by atoms with Crippen LogP contribution >= 0.6 is 0 Å². The van der Waals surface area contributed by atoms with Crippen LogP contribution in [0.25, 0.3) is 0 Å². The lowest BCUT2D eigenvalue weighted by Crippen LogP contribution is -2.29. The van der Waals surface area contributed by atoms with Crippen molar-refractivity contribution in [2.45, 2.75) is 19.3 Å². The van der Waals surface area contributed by atoms with Gasteiger partial charge in [-0.2, -0.15) is 5.10 Å². The van der Waals surface area contributed by atoms with Crippen LogP contribution in [0.3, 0.4) is 0 Å². The zero-order valence-electron chi connectivity index (χ0n) is 8.79. The molecule has 1 fully saturated rings. The first-order valence-electron chi connectivity index (χ1n) is 4.86. The van der Waals surface area contributed by atoms with E-state index in [9.17, 15) is 4.79 Å². The van der Waals surface area contributed by atoms with Gasteiger partial charge in [0.25, 0.3) is 0 Å². The molecule has 0 saturated heterocycles. The van der Waals surface area contributed by atoms with E-state index in [1.54, 1.807) is 0 Å². The maximum atomic E-state index is 10.5. The molecule has 0 bridgehead atoms. The summed E-state index contributed by atoms with van der Waals surface area (Å²) in [7, 11) is 4.08. The summed E-state index contributed by atoms with van der Waals surface area (Å²) in [6.45, 7) is 0.985. The lowest BCUT2D eigenvalue weighted by atomic mass is 10.1. The molecule has 0 spiro atoms. The van der Waals surface area contributed by atoms with Crippen molar-refractivity contribution in [3.05, 3.63) is 0 Å². The smallest absolute Gasteiger partial charge is 0.332 e. The number of urea groups is 1. The minimum absolute atomic E-state index is 0.469. The Balaban J connectivity index is 2.50. The van der Waals surface area contributed by atoms with Crippen LogP contribution in [0.1, 0.15) is 19.3 Å². The van der Waals surface area contributed by atoms with Gasteiger partial charge in [-0.15, -0.1) is 0 Å². The van der Waals surface area contributed by atoms with Crippen LogP contribution in [-0.2, 0) is 0 Å². The molecule has 1 saturated carbocycles. The average Bonchev–Trinajstić information content (AvgIpc) is 2.47. The highest BCUT2D eigenvalue weighted by molar-refractivity contribution is 5.89. The fourth-order valence-electron chi connectivity index (χ4n) is 1.81. The van der Waals surface area contributed by atoms with Crippen molar-refractivity contribution in [1.82, 2.24) is 10.3 Å². The molecule has 1 unspecified atom stereocenters. The van der Waals surface area contributed by atoms with Crippen molar-refractivity contribution in [2.75, 3.05) is 20.6 Å². The number of hydrogen-bond donors (Lipinski definition) is 2. The zero-order chi connectivity index (χ0) is 10.6. The van der Waals surface area contributed by atoms with E-state index in [4.69, 9.17) is 5.73 Å². The largest absolute Gasteiger partial charge is 0.350 e. The second kappa shape index (κ2) is 4.95. The van der Waals surface area contributed by atoms with Crippen LogP contribution in [0.2, 0.25) is 0 Å². The molecule has 0 aromatic heterocycles. The summed E-state index contributed by atoms with van der Waals surface area (Å²) >= 11 is 0. The summed E-state index contributed by atoms with van der Waals surface area (Å²) in [6.07, 6.45) is 3.27. The Morgan fingerprint density at radius 2 is 2.43 bits per heavy atom. The molecule has 1 aliphatic rings. The third-order valence-corrected chi connectivity index (χ3v) is 2.35. The van der Waals surface area contributed by atoms with Crippen molar-refractivity contribution in [1.29, 1.82) is 0 Å². The number of carbonyl (C=O) groups excluding carboxylic acids is 1. The maximum absolute atomic E-state index is 10.5. The molecule has 0 aromatic carbocycles. The van der Waals surface area contributed by atoms with E-state index < -0.39 is 6.03 Å². The van der Waals surface area contributed by atoms with Gasteiger partial charge in [0.2, 0.25) is 0 Å². The van der Waals surface area contributed by atoms with Gasteiger partial charge in [-0.05, 0) is 33.4 Å². The minimum Gasteiger partial charge on any atom is -0.350 e. The third kappa shape index (κ3) is 3.33. The van der Waals surface area contributed by atoms with Gasteiger partial charge in [-0.1, -0.05) is 0 Å². The molecule has 0 aromatic rings. The first kappa shape index (κ1) is 11.0. The second-order valence-corrected chi connectivity index (χ2v) is 3.93. The van der Waals surface area contributed by atoms with E-state index in [1.165, 1.54) is 0 Å². The maximum Gasteiger partial charge on any atom is 0.332 e. The quantitative estimate of drug-likeness (QED) is 0.643. The summed E-state index contributed by atoms with van der Waals surface area (Å²) in [5, 5.41) is 4.02. The number of nitrogens with two attached hydrogens (primary N) is 1. The first-order valence-corrected chi connectivity index (χ1v) is 4.86. The number of hydrazone groups is 1. The Hall–Kier alpha value is -1.10. The van der Waals surface area contributed by atoms with E-state index in [2.05, 4.69) is 15.4 Å². The Kier molecular flexibility index (Phi) is 3.88. The highest BCUT2D eigenvalue weighted by Crippen LogP contribution is 2.22. The van der Waals surface area contributed by atoms with Crippen molar-refractivity contribution in [3.63, 3.8) is 0 Å². The molecule has 5 heteroatoms. The average molecular weight is 198 g/mol. The molecule has 0 heterocycles. The van der Waals surface area contributed by atoms with Crippen LogP contribution < -0.4 is 11.2 Å². The van der Waals surface area contributed by atoms with Gasteiger partial charge < -0.3 is 10.6 Å². The van der Waals surface area contributed by atoms with E-state index in [0.717, 1.165) is 31.5 Å². The number of amides is 2. The molecule has 14 heavy (non-hydrogen) atoms. The SMILES string of the molecule is CN(C)CC1CCC/C1=N\NC(N)=O. The molecule has 0 aliphatic heterocycles. The molecule has 1 atom stereocenters.